The molecule has 4 rings (SSSR count). The number of allylic oxidation sites excluding steroid dienone is 1. The first kappa shape index (κ1) is 22.2. The Kier molecular flexibility index (Phi) is 6.39. The molecule has 1 aliphatic rings. The zero-order valence-electron chi connectivity index (χ0n) is 17.8. The van der Waals surface area contributed by atoms with Crippen LogP contribution in [-0.2, 0) is 16.1 Å². The van der Waals surface area contributed by atoms with Crippen LogP contribution in [0.3, 0.4) is 0 Å². The maximum Gasteiger partial charge on any atom is 0.338 e. The van der Waals surface area contributed by atoms with E-state index in [0.29, 0.717) is 39.6 Å². The smallest absolute Gasteiger partial charge is 0.338 e. The highest BCUT2D eigenvalue weighted by Crippen LogP contribution is 2.36. The van der Waals surface area contributed by atoms with E-state index in [0.717, 1.165) is 11.1 Å². The summed E-state index contributed by atoms with van der Waals surface area (Å²) in [4.78, 5) is 17.1. The van der Waals surface area contributed by atoms with Gasteiger partial charge in [-0.2, -0.15) is 10.1 Å². The zero-order valence-corrected chi connectivity index (χ0v) is 19.3. The number of ether oxygens (including phenoxy) is 2. The van der Waals surface area contributed by atoms with E-state index in [1.165, 1.54) is 6.33 Å². The highest BCUT2D eigenvalue weighted by Gasteiger charge is 2.34. The van der Waals surface area contributed by atoms with Gasteiger partial charge in [-0.1, -0.05) is 41.4 Å². The van der Waals surface area contributed by atoms with Crippen LogP contribution < -0.4 is 10.1 Å². The van der Waals surface area contributed by atoms with Gasteiger partial charge in [0.15, 0.2) is 0 Å². The largest absolute Gasteiger partial charge is 0.489 e. The molecule has 0 aliphatic carbocycles. The fourth-order valence-corrected chi connectivity index (χ4v) is 3.80. The molecule has 0 spiro atoms. The molecule has 1 N–H and O–H groups in total. The third-order valence-electron chi connectivity index (χ3n) is 4.94. The zero-order chi connectivity index (χ0) is 22.8. The average Bonchev–Trinajstić information content (AvgIpc) is 3.21. The molecule has 1 atom stereocenters. The minimum absolute atomic E-state index is 0.238. The van der Waals surface area contributed by atoms with Crippen LogP contribution in [-0.4, -0.2) is 26.8 Å². The SMILES string of the molecule is CC1=C(C(=O)OC(C)C)C(c2ccc(OCc3ccc(Cl)c(Cl)c3)cc2)n2ncnc2N1. The number of anilines is 1. The first-order valence-corrected chi connectivity index (χ1v) is 10.8. The topological polar surface area (TPSA) is 78.3 Å². The van der Waals surface area contributed by atoms with Gasteiger partial charge in [0.1, 0.15) is 24.7 Å². The Morgan fingerprint density at radius 3 is 2.59 bits per heavy atom. The van der Waals surface area contributed by atoms with E-state index in [1.807, 2.05) is 51.1 Å². The minimum atomic E-state index is -0.468. The van der Waals surface area contributed by atoms with Gasteiger partial charge in [-0.15, -0.1) is 0 Å². The molecule has 0 amide bonds. The van der Waals surface area contributed by atoms with Gasteiger partial charge in [0, 0.05) is 5.70 Å². The summed E-state index contributed by atoms with van der Waals surface area (Å²) in [5.41, 5.74) is 2.93. The molecule has 166 valence electrons. The second-order valence-corrected chi connectivity index (χ2v) is 8.47. The maximum absolute atomic E-state index is 12.9. The van der Waals surface area contributed by atoms with Crippen molar-refractivity contribution in [2.24, 2.45) is 0 Å². The number of rotatable bonds is 6. The highest BCUT2D eigenvalue weighted by molar-refractivity contribution is 6.42. The lowest BCUT2D eigenvalue weighted by Gasteiger charge is -2.28. The van der Waals surface area contributed by atoms with Crippen molar-refractivity contribution in [3.63, 3.8) is 0 Å². The summed E-state index contributed by atoms with van der Waals surface area (Å²) >= 11 is 12.0. The summed E-state index contributed by atoms with van der Waals surface area (Å²) in [5, 5.41) is 8.44. The van der Waals surface area contributed by atoms with Crippen molar-refractivity contribution in [1.82, 2.24) is 14.8 Å². The molecule has 0 radical (unpaired) electrons. The number of nitrogens with one attached hydrogen (secondary N) is 1. The van der Waals surface area contributed by atoms with E-state index in [4.69, 9.17) is 32.7 Å². The molecule has 7 nitrogen and oxygen atoms in total. The Morgan fingerprint density at radius 2 is 1.91 bits per heavy atom. The number of hydrogen-bond acceptors (Lipinski definition) is 6. The van der Waals surface area contributed by atoms with Crippen molar-refractivity contribution < 1.29 is 14.3 Å². The van der Waals surface area contributed by atoms with E-state index in [2.05, 4.69) is 15.4 Å². The predicted molar refractivity (Wildman–Crippen MR) is 123 cm³/mol. The Morgan fingerprint density at radius 1 is 1.16 bits per heavy atom. The van der Waals surface area contributed by atoms with Crippen LogP contribution in [0, 0.1) is 0 Å². The van der Waals surface area contributed by atoms with Crippen LogP contribution in [0.2, 0.25) is 10.0 Å². The Bertz CT molecular complexity index is 1170. The summed E-state index contributed by atoms with van der Waals surface area (Å²) in [5.74, 6) is 0.851. The molecular formula is C23H22Cl2N4O3. The molecule has 0 fully saturated rings. The minimum Gasteiger partial charge on any atom is -0.489 e. The van der Waals surface area contributed by atoms with E-state index >= 15 is 0 Å². The number of benzene rings is 2. The third kappa shape index (κ3) is 4.59. The number of hydrogen-bond donors (Lipinski definition) is 1. The molecule has 0 bridgehead atoms. The van der Waals surface area contributed by atoms with Gasteiger partial charge in [-0.25, -0.2) is 9.48 Å². The number of halogens is 2. The van der Waals surface area contributed by atoms with Crippen LogP contribution in [0.1, 0.15) is 37.9 Å². The van der Waals surface area contributed by atoms with Crippen LogP contribution in [0.4, 0.5) is 5.95 Å². The van der Waals surface area contributed by atoms with Gasteiger partial charge in [0.2, 0.25) is 5.95 Å². The summed E-state index contributed by atoms with van der Waals surface area (Å²) in [6.07, 6.45) is 1.21. The molecule has 1 aliphatic heterocycles. The number of carbonyl (C=O) groups is 1. The molecular weight excluding hydrogens is 451 g/mol. The standard InChI is InChI=1S/C23H22Cl2N4O3/c1-13(2)32-22(30)20-14(3)28-23-26-12-27-29(23)21(20)16-5-7-17(8-6-16)31-11-15-4-9-18(24)19(25)10-15/h4-10,12-13,21H,11H2,1-3H3,(H,26,27,28). The lowest BCUT2D eigenvalue weighted by molar-refractivity contribution is -0.143. The molecule has 3 aromatic rings. The summed E-state index contributed by atoms with van der Waals surface area (Å²) in [6, 6.07) is 12.4. The molecule has 0 saturated heterocycles. The number of nitrogens with zero attached hydrogens (tertiary/aromatic N) is 3. The summed E-state index contributed by atoms with van der Waals surface area (Å²) in [7, 11) is 0. The summed E-state index contributed by atoms with van der Waals surface area (Å²) < 4.78 is 13.0. The summed E-state index contributed by atoms with van der Waals surface area (Å²) in [6.45, 7) is 5.82. The van der Waals surface area contributed by atoms with Gasteiger partial charge >= 0.3 is 5.97 Å². The number of carbonyl (C=O) groups excluding carboxylic acids is 1. The van der Waals surface area contributed by atoms with E-state index in [-0.39, 0.29) is 6.10 Å². The molecule has 2 heterocycles. The predicted octanol–water partition coefficient (Wildman–Crippen LogP) is 5.40. The number of esters is 1. The van der Waals surface area contributed by atoms with Crippen LogP contribution in [0.5, 0.6) is 5.75 Å². The van der Waals surface area contributed by atoms with Crippen LogP contribution in [0.15, 0.2) is 60.1 Å². The van der Waals surface area contributed by atoms with Crippen molar-refractivity contribution >= 4 is 35.1 Å². The molecule has 0 saturated carbocycles. The van der Waals surface area contributed by atoms with Crippen molar-refractivity contribution in [1.29, 1.82) is 0 Å². The fourth-order valence-electron chi connectivity index (χ4n) is 3.48. The van der Waals surface area contributed by atoms with Gasteiger partial charge < -0.3 is 14.8 Å². The molecule has 32 heavy (non-hydrogen) atoms. The number of aromatic nitrogens is 3. The molecule has 2 aromatic carbocycles. The highest BCUT2D eigenvalue weighted by atomic mass is 35.5. The first-order valence-electron chi connectivity index (χ1n) is 10.1. The van der Waals surface area contributed by atoms with Crippen molar-refractivity contribution in [2.45, 2.75) is 39.5 Å². The Hall–Kier alpha value is -3.03. The Balaban J connectivity index is 1.58. The second-order valence-electron chi connectivity index (χ2n) is 7.65. The van der Waals surface area contributed by atoms with Crippen molar-refractivity contribution in [3.8, 4) is 5.75 Å². The fraction of sp³-hybridized carbons (Fsp3) is 0.261. The van der Waals surface area contributed by atoms with Gasteiger partial charge in [-0.3, -0.25) is 0 Å². The van der Waals surface area contributed by atoms with Gasteiger partial charge in [0.25, 0.3) is 0 Å². The van der Waals surface area contributed by atoms with Crippen LogP contribution >= 0.6 is 23.2 Å². The Labute approximate surface area is 196 Å². The van der Waals surface area contributed by atoms with E-state index in [1.54, 1.807) is 16.8 Å². The lowest BCUT2D eigenvalue weighted by atomic mass is 9.95. The normalized spacial score (nSPS) is 15.4. The van der Waals surface area contributed by atoms with E-state index < -0.39 is 12.0 Å². The third-order valence-corrected chi connectivity index (χ3v) is 5.68. The molecule has 1 unspecified atom stereocenters. The number of fused-ring (bicyclic) bond motifs is 1. The van der Waals surface area contributed by atoms with Gasteiger partial charge in [0.05, 0.1) is 21.7 Å². The van der Waals surface area contributed by atoms with Crippen molar-refractivity contribution in [2.75, 3.05) is 5.32 Å². The molecule has 9 heteroatoms. The molecule has 1 aromatic heterocycles. The van der Waals surface area contributed by atoms with Gasteiger partial charge in [-0.05, 0) is 56.2 Å². The van der Waals surface area contributed by atoms with Crippen molar-refractivity contribution in [3.05, 3.63) is 81.2 Å². The lowest BCUT2D eigenvalue weighted by Crippen LogP contribution is -2.30. The maximum atomic E-state index is 12.9. The second kappa shape index (κ2) is 9.22. The quantitative estimate of drug-likeness (QED) is 0.483. The van der Waals surface area contributed by atoms with E-state index in [9.17, 15) is 4.79 Å². The monoisotopic (exact) mass is 472 g/mol. The first-order chi connectivity index (χ1) is 15.3. The average molecular weight is 473 g/mol. The van der Waals surface area contributed by atoms with Crippen LogP contribution in [0.25, 0.3) is 0 Å².